The van der Waals surface area contributed by atoms with Crippen LogP contribution in [0.5, 0.6) is 0 Å². The zero-order chi connectivity index (χ0) is 19.3. The van der Waals surface area contributed by atoms with Crippen LogP contribution in [0.25, 0.3) is 17.1 Å². The molecular formula is C21H23N5O2. The van der Waals surface area contributed by atoms with Gasteiger partial charge in [0.15, 0.2) is 0 Å². The van der Waals surface area contributed by atoms with Crippen LogP contribution in [0.3, 0.4) is 0 Å². The number of aromatic nitrogens is 4. The summed E-state index contributed by atoms with van der Waals surface area (Å²) >= 11 is 0. The minimum absolute atomic E-state index is 0.0283. The monoisotopic (exact) mass is 377 g/mol. The average Bonchev–Trinajstić information content (AvgIpc) is 3.36. The molecule has 0 unspecified atom stereocenters. The summed E-state index contributed by atoms with van der Waals surface area (Å²) < 4.78 is 6.93. The van der Waals surface area contributed by atoms with Crippen molar-refractivity contribution >= 4 is 5.91 Å². The predicted octanol–water partition coefficient (Wildman–Crippen LogP) is 3.85. The number of para-hydroxylation sites is 1. The highest BCUT2D eigenvalue weighted by Crippen LogP contribution is 2.22. The van der Waals surface area contributed by atoms with Crippen molar-refractivity contribution in [3.8, 4) is 17.1 Å². The molecule has 2 aromatic heterocycles. The maximum atomic E-state index is 12.3. The van der Waals surface area contributed by atoms with Crippen LogP contribution >= 0.6 is 0 Å². The minimum Gasteiger partial charge on any atom is -0.348 e. The van der Waals surface area contributed by atoms with E-state index in [1.54, 1.807) is 4.68 Å². The predicted molar refractivity (Wildman–Crippen MR) is 105 cm³/mol. The number of rotatable bonds is 6. The molecule has 1 N–H and O–H groups in total. The molecule has 28 heavy (non-hydrogen) atoms. The lowest BCUT2D eigenvalue weighted by Crippen LogP contribution is -2.25. The Labute approximate surface area is 163 Å². The van der Waals surface area contributed by atoms with Crippen molar-refractivity contribution in [3.63, 3.8) is 0 Å². The average molecular weight is 377 g/mol. The Kier molecular flexibility index (Phi) is 5.32. The summed E-state index contributed by atoms with van der Waals surface area (Å²) in [5.41, 5.74) is 3.86. The van der Waals surface area contributed by atoms with Gasteiger partial charge in [-0.3, -0.25) is 4.79 Å². The molecule has 0 aliphatic heterocycles. The minimum atomic E-state index is -0.344. The highest BCUT2D eigenvalue weighted by atomic mass is 16.5. The van der Waals surface area contributed by atoms with Gasteiger partial charge >= 0.3 is 11.8 Å². The van der Waals surface area contributed by atoms with E-state index in [1.807, 2.05) is 43.5 Å². The standard InChI is InChI=1S/C21H23N5O2/c1-15-18(14-26(24-15)17-10-6-3-7-11-17)19-23-21(28-25-19)20(27)22-13-12-16-8-4-2-5-9-16/h3,6-8,10-11,14H,2,4-5,9,12-13H2,1H3,(H,22,27). The summed E-state index contributed by atoms with van der Waals surface area (Å²) in [5.74, 6) is -0.0115. The molecule has 0 saturated carbocycles. The van der Waals surface area contributed by atoms with Gasteiger partial charge in [-0.25, -0.2) is 4.68 Å². The van der Waals surface area contributed by atoms with Gasteiger partial charge in [-0.15, -0.1) is 0 Å². The van der Waals surface area contributed by atoms with Gasteiger partial charge in [-0.05, 0) is 51.2 Å². The van der Waals surface area contributed by atoms with Gasteiger partial charge in [0.25, 0.3) is 0 Å². The smallest absolute Gasteiger partial charge is 0.316 e. The number of aryl methyl sites for hydroxylation is 1. The highest BCUT2D eigenvalue weighted by Gasteiger charge is 2.19. The van der Waals surface area contributed by atoms with Crippen molar-refractivity contribution in [2.75, 3.05) is 6.54 Å². The molecule has 1 amide bonds. The highest BCUT2D eigenvalue weighted by molar-refractivity contribution is 5.89. The fourth-order valence-electron chi connectivity index (χ4n) is 3.36. The molecule has 0 bridgehead atoms. The van der Waals surface area contributed by atoms with Crippen molar-refractivity contribution in [1.82, 2.24) is 25.2 Å². The Morgan fingerprint density at radius 1 is 1.25 bits per heavy atom. The first-order valence-corrected chi connectivity index (χ1v) is 9.62. The van der Waals surface area contributed by atoms with Crippen molar-refractivity contribution in [2.45, 2.75) is 39.0 Å². The molecule has 1 aliphatic carbocycles. The number of benzene rings is 1. The molecule has 7 nitrogen and oxygen atoms in total. The Balaban J connectivity index is 1.42. The number of hydrogen-bond donors (Lipinski definition) is 1. The molecule has 0 spiro atoms. The van der Waals surface area contributed by atoms with Gasteiger partial charge in [0, 0.05) is 12.7 Å². The molecule has 1 aliphatic rings. The molecule has 1 aromatic carbocycles. The van der Waals surface area contributed by atoms with E-state index < -0.39 is 0 Å². The van der Waals surface area contributed by atoms with Crippen LogP contribution in [0.1, 0.15) is 48.5 Å². The maximum Gasteiger partial charge on any atom is 0.316 e. The second-order valence-electron chi connectivity index (χ2n) is 6.95. The number of amides is 1. The topological polar surface area (TPSA) is 85.8 Å². The van der Waals surface area contributed by atoms with Crippen LogP contribution in [-0.2, 0) is 0 Å². The molecular weight excluding hydrogens is 354 g/mol. The molecule has 2 heterocycles. The molecule has 0 saturated heterocycles. The zero-order valence-electron chi connectivity index (χ0n) is 15.9. The van der Waals surface area contributed by atoms with Crippen LogP contribution in [0.4, 0.5) is 0 Å². The van der Waals surface area contributed by atoms with Crippen LogP contribution in [-0.4, -0.2) is 32.4 Å². The SMILES string of the molecule is Cc1nn(-c2ccccc2)cc1-c1noc(C(=O)NCCC2=CCCCC2)n1. The second-order valence-corrected chi connectivity index (χ2v) is 6.95. The Hall–Kier alpha value is -3.22. The van der Waals surface area contributed by atoms with Gasteiger partial charge in [0.1, 0.15) is 0 Å². The number of hydrogen-bond acceptors (Lipinski definition) is 5. The van der Waals surface area contributed by atoms with Crippen molar-refractivity contribution in [3.05, 3.63) is 59.8 Å². The van der Waals surface area contributed by atoms with Gasteiger partial charge in [-0.2, -0.15) is 10.1 Å². The molecule has 7 heteroatoms. The largest absolute Gasteiger partial charge is 0.348 e. The van der Waals surface area contributed by atoms with E-state index in [-0.39, 0.29) is 11.8 Å². The third-order valence-corrected chi connectivity index (χ3v) is 4.90. The van der Waals surface area contributed by atoms with E-state index in [1.165, 1.54) is 18.4 Å². The van der Waals surface area contributed by atoms with Gasteiger partial charge in [0.2, 0.25) is 5.82 Å². The number of nitrogens with zero attached hydrogens (tertiary/aromatic N) is 4. The summed E-state index contributed by atoms with van der Waals surface area (Å²) in [6.45, 7) is 2.45. The Bertz CT molecular complexity index is 987. The molecule has 144 valence electrons. The lowest BCUT2D eigenvalue weighted by atomic mass is 9.97. The van der Waals surface area contributed by atoms with Crippen LogP contribution in [0.15, 0.2) is 52.7 Å². The lowest BCUT2D eigenvalue weighted by molar-refractivity contribution is 0.0910. The maximum absolute atomic E-state index is 12.3. The number of allylic oxidation sites excluding steroid dienone is 1. The molecule has 0 fully saturated rings. The van der Waals surface area contributed by atoms with Gasteiger partial charge in [-0.1, -0.05) is 35.0 Å². The second kappa shape index (κ2) is 8.21. The summed E-state index contributed by atoms with van der Waals surface area (Å²) in [6.07, 6.45) is 9.78. The number of carbonyl (C=O) groups excluding carboxylic acids is 1. The Morgan fingerprint density at radius 2 is 2.11 bits per heavy atom. The molecule has 0 radical (unpaired) electrons. The van der Waals surface area contributed by atoms with Crippen LogP contribution in [0.2, 0.25) is 0 Å². The van der Waals surface area contributed by atoms with Crippen molar-refractivity contribution in [1.29, 1.82) is 0 Å². The summed E-state index contributed by atoms with van der Waals surface area (Å²) in [5, 5.41) is 11.3. The van der Waals surface area contributed by atoms with Gasteiger partial charge in [0.05, 0.1) is 16.9 Å². The summed E-state index contributed by atoms with van der Waals surface area (Å²) in [6, 6.07) is 9.79. The quantitative estimate of drug-likeness (QED) is 0.660. The van der Waals surface area contributed by atoms with E-state index in [4.69, 9.17) is 4.52 Å². The normalized spacial score (nSPS) is 14.0. The van der Waals surface area contributed by atoms with E-state index >= 15 is 0 Å². The van der Waals surface area contributed by atoms with Gasteiger partial charge < -0.3 is 9.84 Å². The third kappa shape index (κ3) is 4.03. The lowest BCUT2D eigenvalue weighted by Gasteiger charge is -2.12. The molecule has 0 atom stereocenters. The van der Waals surface area contributed by atoms with Crippen LogP contribution < -0.4 is 5.32 Å². The molecule has 3 aromatic rings. The van der Waals surface area contributed by atoms with Crippen LogP contribution in [0, 0.1) is 6.92 Å². The van der Waals surface area contributed by atoms with E-state index in [9.17, 15) is 4.79 Å². The number of carbonyl (C=O) groups is 1. The fourth-order valence-corrected chi connectivity index (χ4v) is 3.36. The number of nitrogens with one attached hydrogen (secondary N) is 1. The first-order valence-electron chi connectivity index (χ1n) is 9.62. The third-order valence-electron chi connectivity index (χ3n) is 4.90. The van der Waals surface area contributed by atoms with Crippen molar-refractivity contribution in [2.24, 2.45) is 0 Å². The molecule has 4 rings (SSSR count). The van der Waals surface area contributed by atoms with E-state index in [0.717, 1.165) is 36.2 Å². The first-order chi connectivity index (χ1) is 13.7. The van der Waals surface area contributed by atoms with Crippen molar-refractivity contribution < 1.29 is 9.32 Å². The fraction of sp³-hybridized carbons (Fsp3) is 0.333. The first kappa shape index (κ1) is 18.2. The summed E-state index contributed by atoms with van der Waals surface area (Å²) in [4.78, 5) is 16.6. The van der Waals surface area contributed by atoms with E-state index in [0.29, 0.717) is 12.4 Å². The summed E-state index contributed by atoms with van der Waals surface area (Å²) in [7, 11) is 0. The zero-order valence-corrected chi connectivity index (χ0v) is 15.9. The Morgan fingerprint density at radius 3 is 2.89 bits per heavy atom. The van der Waals surface area contributed by atoms with E-state index in [2.05, 4.69) is 26.6 Å².